The maximum absolute atomic E-state index is 12.0. The lowest BCUT2D eigenvalue weighted by atomic mass is 9.94. The standard InChI is InChI=1S/C14H17N3O3/c1-8-4-3-5-10(6-8)16-12(18)7-11-9(2)15-14(20)17-13(11)19/h3-6,9,11H,7H2,1-2H3,(H,16,18)(H2,15,17,19,20). The van der Waals surface area contributed by atoms with E-state index in [9.17, 15) is 14.4 Å². The van der Waals surface area contributed by atoms with Gasteiger partial charge < -0.3 is 10.6 Å². The molecule has 0 saturated carbocycles. The molecule has 20 heavy (non-hydrogen) atoms. The number of carbonyl (C=O) groups is 3. The van der Waals surface area contributed by atoms with Gasteiger partial charge in [0.2, 0.25) is 11.8 Å². The zero-order valence-electron chi connectivity index (χ0n) is 11.4. The van der Waals surface area contributed by atoms with Crippen molar-refractivity contribution in [2.24, 2.45) is 5.92 Å². The van der Waals surface area contributed by atoms with E-state index in [2.05, 4.69) is 16.0 Å². The number of nitrogens with one attached hydrogen (secondary N) is 3. The van der Waals surface area contributed by atoms with E-state index in [1.165, 1.54) is 0 Å². The van der Waals surface area contributed by atoms with Crippen molar-refractivity contribution in [1.82, 2.24) is 10.6 Å². The van der Waals surface area contributed by atoms with Crippen molar-refractivity contribution in [1.29, 1.82) is 0 Å². The lowest BCUT2D eigenvalue weighted by molar-refractivity contribution is -0.129. The number of hydrogen-bond acceptors (Lipinski definition) is 3. The molecule has 1 aromatic carbocycles. The second-order valence-corrected chi connectivity index (χ2v) is 4.98. The number of imide groups is 1. The first-order valence-corrected chi connectivity index (χ1v) is 6.43. The molecule has 0 aromatic heterocycles. The van der Waals surface area contributed by atoms with E-state index < -0.39 is 17.9 Å². The fraction of sp³-hybridized carbons (Fsp3) is 0.357. The number of amides is 4. The number of urea groups is 1. The fourth-order valence-corrected chi connectivity index (χ4v) is 2.18. The number of aryl methyl sites for hydroxylation is 1. The number of carbonyl (C=O) groups excluding carboxylic acids is 3. The lowest BCUT2D eigenvalue weighted by Gasteiger charge is -2.28. The summed E-state index contributed by atoms with van der Waals surface area (Å²) in [6.07, 6.45) is 0.0290. The lowest BCUT2D eigenvalue weighted by Crippen LogP contribution is -2.57. The molecule has 6 nitrogen and oxygen atoms in total. The molecule has 1 heterocycles. The third-order valence-corrected chi connectivity index (χ3v) is 3.24. The Balaban J connectivity index is 1.97. The molecular weight excluding hydrogens is 258 g/mol. The molecule has 0 bridgehead atoms. The summed E-state index contributed by atoms with van der Waals surface area (Å²) in [7, 11) is 0. The summed E-state index contributed by atoms with van der Waals surface area (Å²) < 4.78 is 0. The van der Waals surface area contributed by atoms with Gasteiger partial charge >= 0.3 is 6.03 Å². The predicted octanol–water partition coefficient (Wildman–Crippen LogP) is 1.17. The Hall–Kier alpha value is -2.37. The Morgan fingerprint density at radius 3 is 2.75 bits per heavy atom. The fourth-order valence-electron chi connectivity index (χ4n) is 2.18. The Bertz CT molecular complexity index is 556. The Morgan fingerprint density at radius 2 is 2.10 bits per heavy atom. The van der Waals surface area contributed by atoms with Crippen LogP contribution in [0.25, 0.3) is 0 Å². The van der Waals surface area contributed by atoms with Gasteiger partial charge in [0.05, 0.1) is 5.92 Å². The van der Waals surface area contributed by atoms with Gasteiger partial charge in [0, 0.05) is 18.2 Å². The van der Waals surface area contributed by atoms with Crippen molar-refractivity contribution in [3.8, 4) is 0 Å². The molecule has 0 spiro atoms. The molecule has 1 aliphatic rings. The molecule has 4 amide bonds. The first-order chi connectivity index (χ1) is 9.45. The Morgan fingerprint density at radius 1 is 1.35 bits per heavy atom. The zero-order valence-corrected chi connectivity index (χ0v) is 11.4. The summed E-state index contributed by atoms with van der Waals surface area (Å²) in [4.78, 5) is 34.8. The molecule has 2 atom stereocenters. The van der Waals surface area contributed by atoms with Gasteiger partial charge in [-0.15, -0.1) is 0 Å². The van der Waals surface area contributed by atoms with Crippen molar-refractivity contribution >= 4 is 23.5 Å². The molecule has 0 radical (unpaired) electrons. The monoisotopic (exact) mass is 275 g/mol. The van der Waals surface area contributed by atoms with Gasteiger partial charge in [-0.25, -0.2) is 4.79 Å². The number of benzene rings is 1. The van der Waals surface area contributed by atoms with E-state index in [0.717, 1.165) is 5.56 Å². The topological polar surface area (TPSA) is 87.3 Å². The van der Waals surface area contributed by atoms with Crippen LogP contribution >= 0.6 is 0 Å². The van der Waals surface area contributed by atoms with Crippen molar-refractivity contribution in [2.45, 2.75) is 26.3 Å². The second-order valence-electron chi connectivity index (χ2n) is 4.98. The minimum Gasteiger partial charge on any atom is -0.335 e. The van der Waals surface area contributed by atoms with Crippen molar-refractivity contribution in [3.05, 3.63) is 29.8 Å². The van der Waals surface area contributed by atoms with Gasteiger partial charge in [0.15, 0.2) is 0 Å². The average molecular weight is 275 g/mol. The van der Waals surface area contributed by atoms with Crippen LogP contribution in [0.5, 0.6) is 0 Å². The predicted molar refractivity (Wildman–Crippen MR) is 74.1 cm³/mol. The van der Waals surface area contributed by atoms with Gasteiger partial charge in [-0.2, -0.15) is 0 Å². The minimum absolute atomic E-state index is 0.0290. The highest BCUT2D eigenvalue weighted by Crippen LogP contribution is 2.15. The van der Waals surface area contributed by atoms with Crippen LogP contribution in [0.15, 0.2) is 24.3 Å². The van der Waals surface area contributed by atoms with Crippen LogP contribution in [-0.2, 0) is 9.59 Å². The largest absolute Gasteiger partial charge is 0.335 e. The first-order valence-electron chi connectivity index (χ1n) is 6.43. The van der Waals surface area contributed by atoms with E-state index in [1.807, 2.05) is 25.1 Å². The van der Waals surface area contributed by atoms with E-state index >= 15 is 0 Å². The Labute approximate surface area is 116 Å². The normalized spacial score (nSPS) is 21.9. The van der Waals surface area contributed by atoms with Gasteiger partial charge in [0.1, 0.15) is 0 Å². The molecular formula is C14H17N3O3. The molecule has 3 N–H and O–H groups in total. The summed E-state index contributed by atoms with van der Waals surface area (Å²) in [5.41, 5.74) is 1.74. The zero-order chi connectivity index (χ0) is 14.7. The summed E-state index contributed by atoms with van der Waals surface area (Å²) in [6.45, 7) is 3.64. The highest BCUT2D eigenvalue weighted by atomic mass is 16.2. The highest BCUT2D eigenvalue weighted by Gasteiger charge is 2.33. The van der Waals surface area contributed by atoms with Gasteiger partial charge in [-0.1, -0.05) is 12.1 Å². The maximum Gasteiger partial charge on any atom is 0.321 e. The smallest absolute Gasteiger partial charge is 0.321 e. The van der Waals surface area contributed by atoms with E-state index in [0.29, 0.717) is 5.69 Å². The molecule has 0 aliphatic carbocycles. The van der Waals surface area contributed by atoms with E-state index in [4.69, 9.17) is 0 Å². The molecule has 1 fully saturated rings. The molecule has 2 rings (SSSR count). The van der Waals surface area contributed by atoms with Crippen LogP contribution in [0.3, 0.4) is 0 Å². The minimum atomic E-state index is -0.558. The number of anilines is 1. The van der Waals surface area contributed by atoms with E-state index in [-0.39, 0.29) is 18.4 Å². The van der Waals surface area contributed by atoms with Crippen LogP contribution in [0.2, 0.25) is 0 Å². The van der Waals surface area contributed by atoms with Crippen molar-refractivity contribution < 1.29 is 14.4 Å². The number of rotatable bonds is 3. The summed E-state index contributed by atoms with van der Waals surface area (Å²) in [6, 6.07) is 6.54. The maximum atomic E-state index is 12.0. The van der Waals surface area contributed by atoms with E-state index in [1.54, 1.807) is 13.0 Å². The van der Waals surface area contributed by atoms with Crippen molar-refractivity contribution in [2.75, 3.05) is 5.32 Å². The molecule has 1 aromatic rings. The second kappa shape index (κ2) is 5.73. The molecule has 1 aliphatic heterocycles. The third kappa shape index (κ3) is 3.34. The first kappa shape index (κ1) is 14.0. The molecule has 1 saturated heterocycles. The molecule has 2 unspecified atom stereocenters. The van der Waals surface area contributed by atoms with Crippen molar-refractivity contribution in [3.63, 3.8) is 0 Å². The van der Waals surface area contributed by atoms with Crippen LogP contribution in [0, 0.1) is 12.8 Å². The summed E-state index contributed by atoms with van der Waals surface area (Å²) in [5.74, 6) is -1.23. The van der Waals surface area contributed by atoms with Gasteiger partial charge in [-0.05, 0) is 31.5 Å². The van der Waals surface area contributed by atoms with Crippen LogP contribution in [0.1, 0.15) is 18.9 Å². The summed E-state index contributed by atoms with van der Waals surface area (Å²) in [5, 5.41) is 7.51. The van der Waals surface area contributed by atoms with Crippen LogP contribution in [0.4, 0.5) is 10.5 Å². The van der Waals surface area contributed by atoms with Crippen LogP contribution < -0.4 is 16.0 Å². The van der Waals surface area contributed by atoms with Gasteiger partial charge in [-0.3, -0.25) is 14.9 Å². The quantitative estimate of drug-likeness (QED) is 0.773. The SMILES string of the molecule is Cc1cccc(NC(=O)CC2C(=O)NC(=O)NC2C)c1. The summed E-state index contributed by atoms with van der Waals surface area (Å²) >= 11 is 0. The number of hydrogen-bond donors (Lipinski definition) is 3. The highest BCUT2D eigenvalue weighted by molar-refractivity contribution is 6.01. The third-order valence-electron chi connectivity index (χ3n) is 3.24. The Kier molecular flexibility index (Phi) is 4.02. The van der Waals surface area contributed by atoms with Gasteiger partial charge in [0.25, 0.3) is 0 Å². The molecule has 6 heteroatoms. The molecule has 106 valence electrons. The average Bonchev–Trinajstić information content (AvgIpc) is 2.33. The van der Waals surface area contributed by atoms with Crippen LogP contribution in [-0.4, -0.2) is 23.9 Å².